The number of aromatic nitrogens is 2. The number of nitrogens with one attached hydrogen (secondary N) is 1. The van der Waals surface area contributed by atoms with Crippen LogP contribution in [0.25, 0.3) is 0 Å². The van der Waals surface area contributed by atoms with Gasteiger partial charge < -0.3 is 10.1 Å². The first-order valence-corrected chi connectivity index (χ1v) is 8.42. The molecule has 4 nitrogen and oxygen atoms in total. The van der Waals surface area contributed by atoms with E-state index < -0.39 is 0 Å². The number of nitrogens with zero attached hydrogens (tertiary/aromatic N) is 2. The molecule has 116 valence electrons. The number of halogens is 1. The lowest BCUT2D eigenvalue weighted by Crippen LogP contribution is -2.26. The second-order valence-corrected chi connectivity index (χ2v) is 6.54. The zero-order valence-electron chi connectivity index (χ0n) is 12.9. The molecule has 2 aromatic rings. The summed E-state index contributed by atoms with van der Waals surface area (Å²) >= 11 is 8.08. The summed E-state index contributed by atoms with van der Waals surface area (Å²) in [5.41, 5.74) is 1.02. The third-order valence-electron chi connectivity index (χ3n) is 3.26. The second-order valence-electron chi connectivity index (χ2n) is 5.19. The van der Waals surface area contributed by atoms with E-state index in [0.717, 1.165) is 24.4 Å². The van der Waals surface area contributed by atoms with Crippen molar-refractivity contribution in [1.29, 1.82) is 0 Å². The van der Waals surface area contributed by atoms with Gasteiger partial charge in [0.05, 0.1) is 30.1 Å². The van der Waals surface area contributed by atoms with Crippen molar-refractivity contribution in [1.82, 2.24) is 15.1 Å². The SMILES string of the molecule is CCCNC(c1cc(OC)cs1)c1c(Cl)cnn1C(C)C. The molecular weight excluding hydrogens is 306 g/mol. The molecule has 0 saturated carbocycles. The Kier molecular flexibility index (Phi) is 5.67. The van der Waals surface area contributed by atoms with Crippen LogP contribution in [0.2, 0.25) is 5.02 Å². The van der Waals surface area contributed by atoms with Crippen LogP contribution in [0.5, 0.6) is 5.75 Å². The second kappa shape index (κ2) is 7.29. The standard InChI is InChI=1S/C15H22ClN3OS/c1-5-6-17-14(13-7-11(20-4)9-21-13)15-12(16)8-18-19(15)10(2)3/h7-10,14,17H,5-6H2,1-4H3. The summed E-state index contributed by atoms with van der Waals surface area (Å²) in [4.78, 5) is 1.18. The van der Waals surface area contributed by atoms with Crippen molar-refractivity contribution < 1.29 is 4.74 Å². The van der Waals surface area contributed by atoms with E-state index in [9.17, 15) is 0 Å². The van der Waals surface area contributed by atoms with E-state index >= 15 is 0 Å². The van der Waals surface area contributed by atoms with Gasteiger partial charge in [-0.25, -0.2) is 0 Å². The highest BCUT2D eigenvalue weighted by atomic mass is 35.5. The Balaban J connectivity index is 2.42. The molecule has 2 rings (SSSR count). The Morgan fingerprint density at radius 1 is 1.48 bits per heavy atom. The van der Waals surface area contributed by atoms with Gasteiger partial charge in [0, 0.05) is 16.3 Å². The van der Waals surface area contributed by atoms with Crippen LogP contribution in [0, 0.1) is 0 Å². The van der Waals surface area contributed by atoms with Crippen molar-refractivity contribution in [2.24, 2.45) is 0 Å². The maximum Gasteiger partial charge on any atom is 0.129 e. The largest absolute Gasteiger partial charge is 0.496 e. The Morgan fingerprint density at radius 3 is 2.81 bits per heavy atom. The van der Waals surface area contributed by atoms with E-state index in [1.165, 1.54) is 4.88 Å². The molecule has 1 atom stereocenters. The van der Waals surface area contributed by atoms with E-state index in [0.29, 0.717) is 5.02 Å². The molecule has 0 aliphatic heterocycles. The summed E-state index contributed by atoms with van der Waals surface area (Å²) in [6.45, 7) is 7.29. The summed E-state index contributed by atoms with van der Waals surface area (Å²) in [7, 11) is 1.69. The minimum absolute atomic E-state index is 0.0382. The lowest BCUT2D eigenvalue weighted by Gasteiger charge is -2.21. The lowest BCUT2D eigenvalue weighted by molar-refractivity contribution is 0.415. The predicted octanol–water partition coefficient (Wildman–Crippen LogP) is 4.28. The first-order chi connectivity index (χ1) is 10.1. The van der Waals surface area contributed by atoms with Gasteiger partial charge in [-0.2, -0.15) is 5.10 Å². The van der Waals surface area contributed by atoms with Crippen molar-refractivity contribution >= 4 is 22.9 Å². The summed E-state index contributed by atoms with van der Waals surface area (Å²) in [5, 5.41) is 10.7. The highest BCUT2D eigenvalue weighted by Gasteiger charge is 2.24. The van der Waals surface area contributed by atoms with E-state index in [-0.39, 0.29) is 12.1 Å². The molecule has 21 heavy (non-hydrogen) atoms. The average molecular weight is 328 g/mol. The van der Waals surface area contributed by atoms with E-state index in [4.69, 9.17) is 16.3 Å². The van der Waals surface area contributed by atoms with Crippen LogP contribution >= 0.6 is 22.9 Å². The van der Waals surface area contributed by atoms with Gasteiger partial charge in [-0.05, 0) is 32.9 Å². The Labute approximate surface area is 135 Å². The summed E-state index contributed by atoms with van der Waals surface area (Å²) in [5.74, 6) is 0.880. The molecule has 0 fully saturated rings. The summed E-state index contributed by atoms with van der Waals surface area (Å²) < 4.78 is 7.29. The summed E-state index contributed by atoms with van der Waals surface area (Å²) in [6.07, 6.45) is 2.79. The number of hydrogen-bond acceptors (Lipinski definition) is 4. The van der Waals surface area contributed by atoms with E-state index in [1.807, 2.05) is 10.1 Å². The molecule has 6 heteroatoms. The molecule has 0 aliphatic carbocycles. The maximum absolute atomic E-state index is 6.40. The molecule has 2 heterocycles. The van der Waals surface area contributed by atoms with Crippen LogP contribution in [0.4, 0.5) is 0 Å². The topological polar surface area (TPSA) is 39.1 Å². The van der Waals surface area contributed by atoms with Crippen LogP contribution in [0.1, 0.15) is 49.8 Å². The smallest absolute Gasteiger partial charge is 0.129 e. The molecule has 0 spiro atoms. The van der Waals surface area contributed by atoms with Crippen LogP contribution in [-0.2, 0) is 0 Å². The quantitative estimate of drug-likeness (QED) is 0.825. The molecule has 0 aromatic carbocycles. The zero-order chi connectivity index (χ0) is 15.4. The van der Waals surface area contributed by atoms with Gasteiger partial charge in [0.15, 0.2) is 0 Å². The normalized spacial score (nSPS) is 12.9. The lowest BCUT2D eigenvalue weighted by atomic mass is 10.1. The zero-order valence-corrected chi connectivity index (χ0v) is 14.5. The van der Waals surface area contributed by atoms with Crippen LogP contribution < -0.4 is 10.1 Å². The van der Waals surface area contributed by atoms with Gasteiger partial charge in [-0.3, -0.25) is 4.68 Å². The average Bonchev–Trinajstić information content (AvgIpc) is 3.07. The van der Waals surface area contributed by atoms with Crippen LogP contribution in [-0.4, -0.2) is 23.4 Å². The molecule has 2 aromatic heterocycles. The first kappa shape index (κ1) is 16.3. The molecule has 0 aliphatic rings. The van der Waals surface area contributed by atoms with Crippen molar-refractivity contribution in [3.63, 3.8) is 0 Å². The van der Waals surface area contributed by atoms with Gasteiger partial charge in [-0.1, -0.05) is 18.5 Å². The molecule has 0 amide bonds. The Hall–Kier alpha value is -1.04. The Morgan fingerprint density at radius 2 is 2.24 bits per heavy atom. The molecule has 1 unspecified atom stereocenters. The molecule has 0 saturated heterocycles. The van der Waals surface area contributed by atoms with Gasteiger partial charge in [-0.15, -0.1) is 11.3 Å². The first-order valence-electron chi connectivity index (χ1n) is 7.17. The van der Waals surface area contributed by atoms with Crippen molar-refractivity contribution in [2.75, 3.05) is 13.7 Å². The molecule has 1 N–H and O–H groups in total. The number of thiophene rings is 1. The highest BCUT2D eigenvalue weighted by molar-refractivity contribution is 7.10. The third-order valence-corrected chi connectivity index (χ3v) is 4.53. The fourth-order valence-corrected chi connectivity index (χ4v) is 3.42. The van der Waals surface area contributed by atoms with E-state index in [2.05, 4.69) is 37.3 Å². The van der Waals surface area contributed by atoms with E-state index in [1.54, 1.807) is 24.6 Å². The number of methoxy groups -OCH3 is 1. The fraction of sp³-hybridized carbons (Fsp3) is 0.533. The van der Waals surface area contributed by atoms with Crippen LogP contribution in [0.15, 0.2) is 17.6 Å². The number of hydrogen-bond donors (Lipinski definition) is 1. The van der Waals surface area contributed by atoms with Gasteiger partial charge >= 0.3 is 0 Å². The van der Waals surface area contributed by atoms with Crippen LogP contribution in [0.3, 0.4) is 0 Å². The third kappa shape index (κ3) is 3.59. The van der Waals surface area contributed by atoms with Crippen molar-refractivity contribution in [3.05, 3.63) is 33.2 Å². The Bertz CT molecular complexity index is 579. The van der Waals surface area contributed by atoms with Gasteiger partial charge in [0.25, 0.3) is 0 Å². The monoisotopic (exact) mass is 327 g/mol. The molecular formula is C15H22ClN3OS. The number of ether oxygens (including phenoxy) is 1. The highest BCUT2D eigenvalue weighted by Crippen LogP contribution is 2.35. The molecule has 0 radical (unpaired) electrons. The van der Waals surface area contributed by atoms with Crippen molar-refractivity contribution in [3.8, 4) is 5.75 Å². The van der Waals surface area contributed by atoms with Gasteiger partial charge in [0.2, 0.25) is 0 Å². The summed E-state index contributed by atoms with van der Waals surface area (Å²) in [6, 6.07) is 2.36. The predicted molar refractivity (Wildman–Crippen MR) is 88.6 cm³/mol. The van der Waals surface area contributed by atoms with Crippen molar-refractivity contribution in [2.45, 2.75) is 39.3 Å². The maximum atomic E-state index is 6.40. The fourth-order valence-electron chi connectivity index (χ4n) is 2.25. The van der Waals surface area contributed by atoms with Gasteiger partial charge in [0.1, 0.15) is 5.75 Å². The molecule has 0 bridgehead atoms. The number of rotatable bonds is 7. The minimum Gasteiger partial charge on any atom is -0.496 e. The minimum atomic E-state index is 0.0382.